The highest BCUT2D eigenvalue weighted by Crippen LogP contribution is 2.12. The number of aromatic nitrogens is 2. The van der Waals surface area contributed by atoms with Crippen molar-refractivity contribution in [1.82, 2.24) is 15.0 Å². The summed E-state index contributed by atoms with van der Waals surface area (Å²) in [6.07, 6.45) is 2.30. The molecule has 0 radical (unpaired) electrons. The number of nitrogens with zero attached hydrogens (tertiary/aromatic N) is 4. The first kappa shape index (κ1) is 15.5. The quantitative estimate of drug-likeness (QED) is 0.236. The SMILES string of the molecule is CC(=O)OCCn1c([N+](=O)[O-])cnc1C=NNC(N)=S. The van der Waals surface area contributed by atoms with Gasteiger partial charge in [0.2, 0.25) is 5.82 Å². The molecule has 0 aromatic carbocycles. The van der Waals surface area contributed by atoms with Crippen LogP contribution in [-0.2, 0) is 16.1 Å². The van der Waals surface area contributed by atoms with E-state index in [0.29, 0.717) is 0 Å². The second kappa shape index (κ2) is 7.13. The zero-order valence-electron chi connectivity index (χ0n) is 10.5. The Balaban J connectivity index is 2.88. The van der Waals surface area contributed by atoms with Gasteiger partial charge in [-0.05, 0) is 17.1 Å². The summed E-state index contributed by atoms with van der Waals surface area (Å²) >= 11 is 4.55. The van der Waals surface area contributed by atoms with Gasteiger partial charge in [0.05, 0.1) is 0 Å². The van der Waals surface area contributed by atoms with Crippen LogP contribution in [0.5, 0.6) is 0 Å². The molecule has 0 saturated heterocycles. The van der Waals surface area contributed by atoms with Crippen molar-refractivity contribution >= 4 is 35.3 Å². The van der Waals surface area contributed by atoms with Crippen molar-refractivity contribution in [3.63, 3.8) is 0 Å². The number of carbonyl (C=O) groups is 1. The number of carbonyl (C=O) groups excluding carboxylic acids is 1. The third kappa shape index (κ3) is 4.61. The molecule has 0 bridgehead atoms. The molecule has 0 aliphatic rings. The highest BCUT2D eigenvalue weighted by molar-refractivity contribution is 7.80. The lowest BCUT2D eigenvalue weighted by Crippen LogP contribution is -2.24. The molecular weight excluding hydrogens is 288 g/mol. The van der Waals surface area contributed by atoms with Gasteiger partial charge in [0.1, 0.15) is 25.6 Å². The minimum Gasteiger partial charge on any atom is -0.462 e. The Labute approximate surface area is 118 Å². The monoisotopic (exact) mass is 300 g/mol. The number of esters is 1. The predicted molar refractivity (Wildman–Crippen MR) is 73.0 cm³/mol. The Morgan fingerprint density at radius 1 is 1.80 bits per heavy atom. The number of hydrogen-bond donors (Lipinski definition) is 2. The van der Waals surface area contributed by atoms with Gasteiger partial charge in [-0.15, -0.1) is 0 Å². The van der Waals surface area contributed by atoms with Gasteiger partial charge in [-0.2, -0.15) is 5.10 Å². The zero-order valence-corrected chi connectivity index (χ0v) is 11.3. The van der Waals surface area contributed by atoms with Crippen LogP contribution in [0.1, 0.15) is 12.7 Å². The first-order valence-corrected chi connectivity index (χ1v) is 5.74. The molecular formula is C9H12N6O4S. The van der Waals surface area contributed by atoms with E-state index in [1.165, 1.54) is 17.7 Å². The Morgan fingerprint density at radius 3 is 3.05 bits per heavy atom. The summed E-state index contributed by atoms with van der Waals surface area (Å²) in [5.41, 5.74) is 7.48. The van der Waals surface area contributed by atoms with Gasteiger partial charge in [-0.1, -0.05) is 0 Å². The Hall–Kier alpha value is -2.56. The second-order valence-electron chi connectivity index (χ2n) is 3.46. The number of nitro groups is 1. The summed E-state index contributed by atoms with van der Waals surface area (Å²) in [7, 11) is 0. The summed E-state index contributed by atoms with van der Waals surface area (Å²) in [5, 5.41) is 14.5. The van der Waals surface area contributed by atoms with E-state index < -0.39 is 10.9 Å². The maximum absolute atomic E-state index is 10.9. The number of hydrazone groups is 1. The Kier molecular flexibility index (Phi) is 5.53. The van der Waals surface area contributed by atoms with Crippen LogP contribution in [0.2, 0.25) is 0 Å². The minimum atomic E-state index is -0.598. The molecule has 0 atom stereocenters. The van der Waals surface area contributed by atoms with E-state index in [4.69, 9.17) is 10.5 Å². The lowest BCUT2D eigenvalue weighted by atomic mass is 10.5. The fourth-order valence-electron chi connectivity index (χ4n) is 1.29. The van der Waals surface area contributed by atoms with E-state index in [9.17, 15) is 14.9 Å². The largest absolute Gasteiger partial charge is 0.462 e. The van der Waals surface area contributed by atoms with Crippen LogP contribution in [-0.4, -0.2) is 38.4 Å². The van der Waals surface area contributed by atoms with Crippen LogP contribution >= 0.6 is 12.2 Å². The number of thiocarbonyl (C=S) groups is 1. The van der Waals surface area contributed by atoms with Crippen molar-refractivity contribution in [3.8, 4) is 0 Å². The highest BCUT2D eigenvalue weighted by atomic mass is 32.1. The number of nitrogens with two attached hydrogens (primary N) is 1. The van der Waals surface area contributed by atoms with Gasteiger partial charge in [0, 0.05) is 6.92 Å². The van der Waals surface area contributed by atoms with E-state index >= 15 is 0 Å². The molecule has 1 aromatic rings. The average Bonchev–Trinajstić information content (AvgIpc) is 2.72. The van der Waals surface area contributed by atoms with Crippen LogP contribution in [0.3, 0.4) is 0 Å². The molecule has 0 fully saturated rings. The molecule has 11 heteroatoms. The topological polar surface area (TPSA) is 138 Å². The van der Waals surface area contributed by atoms with Crippen LogP contribution in [0.4, 0.5) is 5.82 Å². The predicted octanol–water partition coefficient (Wildman–Crippen LogP) is -0.478. The molecule has 0 unspecified atom stereocenters. The van der Waals surface area contributed by atoms with Gasteiger partial charge in [-0.3, -0.25) is 10.2 Å². The van der Waals surface area contributed by atoms with Gasteiger partial charge >= 0.3 is 11.8 Å². The third-order valence-electron chi connectivity index (χ3n) is 2.03. The average molecular weight is 300 g/mol. The van der Waals surface area contributed by atoms with Crippen molar-refractivity contribution in [3.05, 3.63) is 22.1 Å². The van der Waals surface area contributed by atoms with E-state index in [1.807, 2.05) is 0 Å². The molecule has 0 saturated carbocycles. The Morgan fingerprint density at radius 2 is 2.50 bits per heavy atom. The van der Waals surface area contributed by atoms with Gasteiger partial charge in [0.15, 0.2) is 5.11 Å². The van der Waals surface area contributed by atoms with E-state index in [-0.39, 0.29) is 29.9 Å². The zero-order chi connectivity index (χ0) is 15.1. The van der Waals surface area contributed by atoms with Gasteiger partial charge in [-0.25, -0.2) is 9.55 Å². The van der Waals surface area contributed by atoms with Crippen molar-refractivity contribution in [2.45, 2.75) is 13.5 Å². The van der Waals surface area contributed by atoms with E-state index in [0.717, 1.165) is 6.20 Å². The molecule has 0 amide bonds. The lowest BCUT2D eigenvalue weighted by Gasteiger charge is -2.03. The molecule has 0 aliphatic heterocycles. The summed E-state index contributed by atoms with van der Waals surface area (Å²) in [6, 6.07) is 0. The number of rotatable bonds is 6. The molecule has 0 spiro atoms. The summed E-state index contributed by atoms with van der Waals surface area (Å²) in [5.74, 6) is -0.514. The number of ether oxygens (including phenoxy) is 1. The minimum absolute atomic E-state index is 0.0178. The van der Waals surface area contributed by atoms with Gasteiger partial charge in [0.25, 0.3) is 0 Å². The normalized spacial score (nSPS) is 10.4. The molecule has 20 heavy (non-hydrogen) atoms. The molecule has 1 aromatic heterocycles. The standard InChI is InChI=1S/C9H12N6O4S/c1-6(16)19-3-2-14-7(4-12-13-9(10)20)11-5-8(14)15(17)18/h4-5H,2-3H2,1H3,(H3,10,13,20). The van der Waals surface area contributed by atoms with Crippen molar-refractivity contribution in [2.24, 2.45) is 10.8 Å². The number of nitrogens with one attached hydrogen (secondary N) is 1. The molecule has 1 heterocycles. The van der Waals surface area contributed by atoms with Crippen LogP contribution < -0.4 is 11.2 Å². The van der Waals surface area contributed by atoms with Crippen molar-refractivity contribution in [1.29, 1.82) is 0 Å². The second-order valence-corrected chi connectivity index (χ2v) is 3.90. The summed E-state index contributed by atoms with van der Waals surface area (Å²) in [6.45, 7) is 1.30. The molecule has 1 rings (SSSR count). The first-order valence-electron chi connectivity index (χ1n) is 5.33. The molecule has 3 N–H and O–H groups in total. The summed E-state index contributed by atoms with van der Waals surface area (Å²) < 4.78 is 5.98. The van der Waals surface area contributed by atoms with Crippen molar-refractivity contribution in [2.75, 3.05) is 6.61 Å². The van der Waals surface area contributed by atoms with E-state index in [2.05, 4.69) is 27.7 Å². The smallest absolute Gasteiger partial charge is 0.343 e. The van der Waals surface area contributed by atoms with Crippen LogP contribution in [0.25, 0.3) is 0 Å². The van der Waals surface area contributed by atoms with Gasteiger partial charge < -0.3 is 20.6 Å². The summed E-state index contributed by atoms with van der Waals surface area (Å²) in [4.78, 5) is 24.8. The van der Waals surface area contributed by atoms with Crippen LogP contribution in [0, 0.1) is 10.1 Å². The van der Waals surface area contributed by atoms with Crippen molar-refractivity contribution < 1.29 is 14.5 Å². The number of imidazole rings is 1. The maximum Gasteiger partial charge on any atom is 0.343 e. The molecule has 10 nitrogen and oxygen atoms in total. The van der Waals surface area contributed by atoms with E-state index in [1.54, 1.807) is 0 Å². The van der Waals surface area contributed by atoms with Crippen LogP contribution in [0.15, 0.2) is 11.3 Å². The Bertz CT molecular complexity index is 555. The lowest BCUT2D eigenvalue weighted by molar-refractivity contribution is -0.392. The molecule has 108 valence electrons. The third-order valence-corrected chi connectivity index (χ3v) is 2.12. The highest BCUT2D eigenvalue weighted by Gasteiger charge is 2.19. The number of hydrogen-bond acceptors (Lipinski definition) is 7. The fourth-order valence-corrected chi connectivity index (χ4v) is 1.35. The maximum atomic E-state index is 10.9. The molecule has 0 aliphatic carbocycles. The fraction of sp³-hybridized carbons (Fsp3) is 0.333. The first-order chi connectivity index (χ1) is 9.41.